The topological polar surface area (TPSA) is 108 Å². The molecular formula is C72H137N2O6P. The van der Waals surface area contributed by atoms with E-state index in [0.29, 0.717) is 17.4 Å². The van der Waals surface area contributed by atoms with Gasteiger partial charge in [-0.25, -0.2) is 0 Å². The van der Waals surface area contributed by atoms with Crippen LogP contribution in [0.3, 0.4) is 0 Å². The van der Waals surface area contributed by atoms with Gasteiger partial charge in [0.2, 0.25) is 5.91 Å². The Kier molecular flexibility index (Phi) is 61.3. The summed E-state index contributed by atoms with van der Waals surface area (Å²) in [7, 11) is 1.25. The zero-order valence-corrected chi connectivity index (χ0v) is 55.4. The normalized spacial score (nSPS) is 14.0. The first-order valence-electron chi connectivity index (χ1n) is 35.2. The zero-order valence-electron chi connectivity index (χ0n) is 54.5. The minimum Gasteiger partial charge on any atom is -0.756 e. The van der Waals surface area contributed by atoms with Crippen molar-refractivity contribution in [3.8, 4) is 0 Å². The monoisotopic (exact) mass is 1160 g/mol. The second-order valence-corrected chi connectivity index (χ2v) is 26.6. The Morgan fingerprint density at radius 1 is 0.432 bits per heavy atom. The van der Waals surface area contributed by atoms with Crippen molar-refractivity contribution in [1.29, 1.82) is 0 Å². The molecule has 0 fully saturated rings. The maximum Gasteiger partial charge on any atom is 0.268 e. The van der Waals surface area contributed by atoms with Gasteiger partial charge >= 0.3 is 0 Å². The SMILES string of the molecule is CCCCCCC/C=C\C/C=C\CCCCCCCCCCCCCCCCCCCCCCCCCCCCCC(=O)NC(COP(=O)([O-])OCC[N+](C)(C)C)C(O)/C=C/CC/C=C/CC/C=C/CCCCCCCCCCCC. The average Bonchev–Trinajstić information content (AvgIpc) is 3.43. The Labute approximate surface area is 504 Å². The van der Waals surface area contributed by atoms with Crippen molar-refractivity contribution in [3.05, 3.63) is 60.8 Å². The lowest BCUT2D eigenvalue weighted by molar-refractivity contribution is -0.870. The molecule has 9 heteroatoms. The first kappa shape index (κ1) is 79.2. The van der Waals surface area contributed by atoms with Crippen molar-refractivity contribution in [2.75, 3.05) is 40.9 Å². The van der Waals surface area contributed by atoms with Crippen molar-refractivity contribution in [3.63, 3.8) is 0 Å². The van der Waals surface area contributed by atoms with Crippen LogP contribution in [0.2, 0.25) is 0 Å². The van der Waals surface area contributed by atoms with Gasteiger partial charge in [-0.2, -0.15) is 0 Å². The number of carbonyl (C=O) groups excluding carboxylic acids is 1. The van der Waals surface area contributed by atoms with Gasteiger partial charge in [0.05, 0.1) is 39.9 Å². The molecule has 8 nitrogen and oxygen atoms in total. The van der Waals surface area contributed by atoms with Crippen molar-refractivity contribution < 1.29 is 32.9 Å². The molecule has 0 bridgehead atoms. The number of unbranched alkanes of at least 4 members (excludes halogenated alkanes) is 44. The molecule has 476 valence electrons. The summed E-state index contributed by atoms with van der Waals surface area (Å²) < 4.78 is 23.4. The molecule has 0 spiro atoms. The number of aliphatic hydroxyl groups is 1. The van der Waals surface area contributed by atoms with E-state index in [2.05, 4.69) is 67.8 Å². The van der Waals surface area contributed by atoms with Crippen LogP contribution < -0.4 is 10.2 Å². The van der Waals surface area contributed by atoms with Gasteiger partial charge in [0, 0.05) is 6.42 Å². The molecule has 0 rings (SSSR count). The molecule has 0 aromatic rings. The first-order chi connectivity index (χ1) is 39.5. The van der Waals surface area contributed by atoms with Crippen LogP contribution in [0.5, 0.6) is 0 Å². The summed E-state index contributed by atoms with van der Waals surface area (Å²) in [5, 5.41) is 13.9. The highest BCUT2D eigenvalue weighted by atomic mass is 31.2. The van der Waals surface area contributed by atoms with E-state index in [1.54, 1.807) is 6.08 Å². The molecule has 0 aliphatic heterocycles. The van der Waals surface area contributed by atoms with E-state index in [0.717, 1.165) is 51.4 Å². The molecule has 0 heterocycles. The highest BCUT2D eigenvalue weighted by molar-refractivity contribution is 7.45. The van der Waals surface area contributed by atoms with Crippen molar-refractivity contribution in [1.82, 2.24) is 5.32 Å². The maximum atomic E-state index is 13.0. The number of allylic oxidation sites excluding steroid dienone is 9. The third-order valence-corrected chi connectivity index (χ3v) is 16.9. The van der Waals surface area contributed by atoms with E-state index in [-0.39, 0.29) is 12.5 Å². The van der Waals surface area contributed by atoms with Crippen LogP contribution in [0.1, 0.15) is 341 Å². The van der Waals surface area contributed by atoms with Gasteiger partial charge in [-0.15, -0.1) is 0 Å². The number of phosphoric ester groups is 1. The fraction of sp³-hybridized carbons (Fsp3) is 0.847. The van der Waals surface area contributed by atoms with Gasteiger partial charge in [0.15, 0.2) is 0 Å². The fourth-order valence-corrected chi connectivity index (χ4v) is 11.2. The lowest BCUT2D eigenvalue weighted by Crippen LogP contribution is -2.45. The first-order valence-corrected chi connectivity index (χ1v) is 36.6. The summed E-state index contributed by atoms with van der Waals surface area (Å²) >= 11 is 0. The van der Waals surface area contributed by atoms with Crippen LogP contribution in [0.25, 0.3) is 0 Å². The van der Waals surface area contributed by atoms with Gasteiger partial charge in [0.25, 0.3) is 7.82 Å². The Bertz CT molecular complexity index is 1500. The number of rotatable bonds is 65. The molecule has 0 aliphatic rings. The number of carbonyl (C=O) groups is 1. The maximum absolute atomic E-state index is 13.0. The summed E-state index contributed by atoms with van der Waals surface area (Å²) in [6, 6.07) is -0.911. The van der Waals surface area contributed by atoms with Gasteiger partial charge in [-0.1, -0.05) is 319 Å². The number of amides is 1. The van der Waals surface area contributed by atoms with Crippen LogP contribution in [-0.2, 0) is 18.4 Å². The number of hydrogen-bond acceptors (Lipinski definition) is 6. The Balaban J connectivity index is 3.97. The van der Waals surface area contributed by atoms with Crippen LogP contribution in [0, 0.1) is 0 Å². The van der Waals surface area contributed by atoms with Gasteiger partial charge in [-0.3, -0.25) is 9.36 Å². The van der Waals surface area contributed by atoms with E-state index in [1.807, 2.05) is 27.2 Å². The number of hydrogen-bond donors (Lipinski definition) is 2. The molecule has 2 N–H and O–H groups in total. The Morgan fingerprint density at radius 2 is 0.728 bits per heavy atom. The van der Waals surface area contributed by atoms with Crippen LogP contribution in [-0.4, -0.2) is 68.5 Å². The van der Waals surface area contributed by atoms with Crippen molar-refractivity contribution >= 4 is 13.7 Å². The average molecular weight is 1160 g/mol. The molecule has 0 radical (unpaired) electrons. The largest absolute Gasteiger partial charge is 0.756 e. The fourth-order valence-electron chi connectivity index (χ4n) is 10.5. The highest BCUT2D eigenvalue weighted by Gasteiger charge is 2.23. The van der Waals surface area contributed by atoms with E-state index in [1.165, 1.54) is 270 Å². The third-order valence-electron chi connectivity index (χ3n) is 15.9. The highest BCUT2D eigenvalue weighted by Crippen LogP contribution is 2.38. The van der Waals surface area contributed by atoms with Crippen LogP contribution >= 0.6 is 7.82 Å². The number of aliphatic hydroxyl groups excluding tert-OH is 1. The molecule has 0 aromatic heterocycles. The number of likely N-dealkylation sites (N-methyl/N-ethyl adjacent to an activating group) is 1. The molecular weight excluding hydrogens is 1020 g/mol. The third kappa shape index (κ3) is 65.6. The van der Waals surface area contributed by atoms with Crippen molar-refractivity contribution in [2.45, 2.75) is 353 Å². The van der Waals surface area contributed by atoms with Gasteiger partial charge in [-0.05, 0) is 77.0 Å². The van der Waals surface area contributed by atoms with E-state index in [4.69, 9.17) is 9.05 Å². The molecule has 0 saturated carbocycles. The van der Waals surface area contributed by atoms with E-state index >= 15 is 0 Å². The second-order valence-electron chi connectivity index (χ2n) is 25.2. The van der Waals surface area contributed by atoms with E-state index < -0.39 is 26.6 Å². The molecule has 0 aromatic carbocycles. The Hall–Kier alpha value is -1.80. The smallest absolute Gasteiger partial charge is 0.268 e. The zero-order chi connectivity index (χ0) is 59.1. The van der Waals surface area contributed by atoms with E-state index in [9.17, 15) is 19.4 Å². The predicted molar refractivity (Wildman–Crippen MR) is 353 cm³/mol. The molecule has 3 atom stereocenters. The molecule has 0 saturated heterocycles. The summed E-state index contributed by atoms with van der Waals surface area (Å²) in [5.41, 5.74) is 0. The summed E-state index contributed by atoms with van der Waals surface area (Å²) in [4.78, 5) is 25.6. The molecule has 1 amide bonds. The van der Waals surface area contributed by atoms with Gasteiger partial charge in [0.1, 0.15) is 13.2 Å². The minimum absolute atomic E-state index is 0.00844. The number of nitrogens with one attached hydrogen (secondary N) is 1. The van der Waals surface area contributed by atoms with Crippen LogP contribution in [0.15, 0.2) is 60.8 Å². The second kappa shape index (κ2) is 62.7. The minimum atomic E-state index is -4.61. The predicted octanol–water partition coefficient (Wildman–Crippen LogP) is 21.8. The Morgan fingerprint density at radius 3 is 1.07 bits per heavy atom. The summed E-state index contributed by atoms with van der Waals surface area (Å²) in [6.07, 6.45) is 86.5. The standard InChI is InChI=1S/C72H137N2O6P/c1-6-8-10-12-14-16-18-20-22-24-26-28-29-30-31-32-33-34-35-36-37-38-39-40-41-42-43-44-45-46-48-50-52-54-56-58-60-62-64-66-72(76)73-70(69-80-81(77,78)79-68-67-74(3,4)5)71(75)65-63-61-59-57-55-53-51-49-47-27-25-23-21-19-17-15-13-11-9-7-2/h18,20,24,26,47,49,55,57,63,65,70-71,75H,6-17,19,21-23,25,27-46,48,50-54,56,58-62,64,66-69H2,1-5H3,(H-,73,76,77,78)/b20-18-,26-24-,49-47+,57-55+,65-63+. The number of phosphoric acid groups is 1. The summed E-state index contributed by atoms with van der Waals surface area (Å²) in [5.74, 6) is -0.206. The molecule has 0 aliphatic carbocycles. The lowest BCUT2D eigenvalue weighted by Gasteiger charge is -2.29. The van der Waals surface area contributed by atoms with Gasteiger partial charge < -0.3 is 28.8 Å². The molecule has 81 heavy (non-hydrogen) atoms. The van der Waals surface area contributed by atoms with Crippen molar-refractivity contribution in [2.24, 2.45) is 0 Å². The number of nitrogens with zero attached hydrogens (tertiary/aromatic N) is 1. The van der Waals surface area contributed by atoms with Crippen LogP contribution in [0.4, 0.5) is 0 Å². The summed E-state index contributed by atoms with van der Waals surface area (Å²) in [6.45, 7) is 4.64. The lowest BCUT2D eigenvalue weighted by atomic mass is 10.0. The quantitative estimate of drug-likeness (QED) is 0.0272. The number of quaternary nitrogens is 1. The molecule has 3 unspecified atom stereocenters.